The molecule has 0 aliphatic carbocycles. The summed E-state index contributed by atoms with van der Waals surface area (Å²) in [6.07, 6.45) is 0. The van der Waals surface area contributed by atoms with Crippen LogP contribution in [0, 0.1) is 0 Å². The van der Waals surface area contributed by atoms with Gasteiger partial charge < -0.3 is 8.98 Å². The van der Waals surface area contributed by atoms with Crippen LogP contribution in [-0.4, -0.2) is 19.1 Å². The van der Waals surface area contributed by atoms with Crippen molar-refractivity contribution in [2.75, 3.05) is 0 Å². The first kappa shape index (κ1) is 36.6. The van der Waals surface area contributed by atoms with Crippen LogP contribution in [0.15, 0.2) is 211 Å². The fourth-order valence-corrected chi connectivity index (χ4v) is 9.59. The molecule has 298 valence electrons. The molecule has 0 amide bonds. The van der Waals surface area contributed by atoms with Crippen molar-refractivity contribution in [2.24, 2.45) is 0 Å². The number of fused-ring (bicyclic) bond motifs is 10. The smallest absolute Gasteiger partial charge is 0.235 e. The van der Waals surface area contributed by atoms with Crippen LogP contribution in [0.4, 0.5) is 0 Å². The van der Waals surface area contributed by atoms with Gasteiger partial charge in [0.25, 0.3) is 0 Å². The Kier molecular flexibility index (Phi) is 8.54. The molecule has 0 spiro atoms. The number of rotatable bonds is 5. The highest BCUT2D eigenvalue weighted by Crippen LogP contribution is 2.42. The van der Waals surface area contributed by atoms with Crippen LogP contribution in [-0.2, 0) is 0 Å². The van der Waals surface area contributed by atoms with Gasteiger partial charge in [-0.1, -0.05) is 159 Å². The summed E-state index contributed by atoms with van der Waals surface area (Å²) in [6.45, 7) is 4.00. The van der Waals surface area contributed by atoms with Crippen LogP contribution in [0.2, 0.25) is 0 Å². The third kappa shape index (κ3) is 5.78. The Morgan fingerprint density at radius 1 is 0.365 bits per heavy atom. The molecular weight excluding hydrogens is 769 g/mol. The molecule has 5 nitrogen and oxygen atoms in total. The van der Waals surface area contributed by atoms with Gasteiger partial charge in [0.05, 0.1) is 33.3 Å². The first-order valence-electron chi connectivity index (χ1n) is 21.7. The van der Waals surface area contributed by atoms with E-state index in [0.717, 1.165) is 93.8 Å². The molecular formula is C58H40N4O. The Hall–Kier alpha value is -8.28. The molecule has 0 saturated heterocycles. The third-order valence-electron chi connectivity index (χ3n) is 12.3. The lowest BCUT2D eigenvalue weighted by Gasteiger charge is -2.14. The molecule has 0 fully saturated rings. The highest BCUT2D eigenvalue weighted by molar-refractivity contribution is 6.15. The van der Waals surface area contributed by atoms with Crippen molar-refractivity contribution >= 4 is 76.5 Å². The number of hydrogen-bond acceptors (Lipinski definition) is 3. The van der Waals surface area contributed by atoms with E-state index >= 15 is 0 Å². The Morgan fingerprint density at radius 2 is 0.968 bits per heavy atom. The maximum Gasteiger partial charge on any atom is 0.235 e. The molecule has 63 heavy (non-hydrogen) atoms. The summed E-state index contributed by atoms with van der Waals surface area (Å²) in [5, 5.41) is 7.99. The Morgan fingerprint density at radius 3 is 1.78 bits per heavy atom. The molecule has 0 aliphatic heterocycles. The molecule has 4 aromatic heterocycles. The van der Waals surface area contributed by atoms with Crippen LogP contribution < -0.4 is 0 Å². The van der Waals surface area contributed by atoms with Crippen molar-refractivity contribution in [1.29, 1.82) is 0 Å². The van der Waals surface area contributed by atoms with Crippen LogP contribution in [0.25, 0.3) is 122 Å². The average Bonchev–Trinajstić information content (AvgIpc) is 4.02. The van der Waals surface area contributed by atoms with Gasteiger partial charge in [0.15, 0.2) is 0 Å². The summed E-state index contributed by atoms with van der Waals surface area (Å²) >= 11 is 0. The van der Waals surface area contributed by atoms with Crippen LogP contribution in [0.5, 0.6) is 0 Å². The Balaban J connectivity index is 0.00000208. The first-order valence-corrected chi connectivity index (χ1v) is 21.7. The number of nitrogens with zero attached hydrogens (tertiary/aromatic N) is 4. The van der Waals surface area contributed by atoms with E-state index in [2.05, 4.69) is 197 Å². The zero-order valence-corrected chi connectivity index (χ0v) is 34.8. The fraction of sp³-hybridized carbons (Fsp3) is 0.0345. The quantitative estimate of drug-likeness (QED) is 0.174. The van der Waals surface area contributed by atoms with Gasteiger partial charge in [-0.2, -0.15) is 0 Å². The molecule has 9 aromatic carbocycles. The highest BCUT2D eigenvalue weighted by atomic mass is 16.3. The second-order valence-corrected chi connectivity index (χ2v) is 15.8. The Labute approximate surface area is 363 Å². The van der Waals surface area contributed by atoms with Gasteiger partial charge in [0, 0.05) is 54.5 Å². The molecule has 0 bridgehead atoms. The lowest BCUT2D eigenvalue weighted by Crippen LogP contribution is -2.04. The van der Waals surface area contributed by atoms with Crippen molar-refractivity contribution in [1.82, 2.24) is 19.1 Å². The van der Waals surface area contributed by atoms with E-state index in [0.29, 0.717) is 5.95 Å². The Bertz CT molecular complexity index is 3840. The van der Waals surface area contributed by atoms with Gasteiger partial charge in [0.1, 0.15) is 11.2 Å². The molecule has 0 atom stereocenters. The van der Waals surface area contributed by atoms with Gasteiger partial charge in [-0.3, -0.25) is 4.57 Å². The number of aromatic nitrogens is 4. The van der Waals surface area contributed by atoms with Crippen LogP contribution in [0.3, 0.4) is 0 Å². The van der Waals surface area contributed by atoms with E-state index in [-0.39, 0.29) is 0 Å². The molecule has 0 radical (unpaired) electrons. The van der Waals surface area contributed by atoms with Gasteiger partial charge >= 0.3 is 0 Å². The lowest BCUT2D eigenvalue weighted by molar-refractivity contribution is 0.669. The van der Waals surface area contributed by atoms with E-state index < -0.39 is 0 Å². The maximum atomic E-state index is 6.32. The second-order valence-electron chi connectivity index (χ2n) is 15.8. The summed E-state index contributed by atoms with van der Waals surface area (Å²) in [7, 11) is 0. The number of furan rings is 1. The van der Waals surface area contributed by atoms with E-state index in [1.165, 1.54) is 21.8 Å². The minimum absolute atomic E-state index is 0.626. The summed E-state index contributed by atoms with van der Waals surface area (Å²) in [6, 6.07) is 73.2. The van der Waals surface area contributed by atoms with Gasteiger partial charge in [-0.15, -0.1) is 0 Å². The van der Waals surface area contributed by atoms with E-state index in [1.54, 1.807) is 0 Å². The van der Waals surface area contributed by atoms with Crippen molar-refractivity contribution in [3.63, 3.8) is 0 Å². The zero-order valence-electron chi connectivity index (χ0n) is 34.8. The first-order chi connectivity index (χ1) is 31.2. The lowest BCUT2D eigenvalue weighted by atomic mass is 9.97. The zero-order chi connectivity index (χ0) is 42.0. The molecule has 13 aromatic rings. The normalized spacial score (nSPS) is 11.7. The predicted octanol–water partition coefficient (Wildman–Crippen LogP) is 15.8. The standard InChI is InChI=1S/C56H34N4O.C2H6/c1-2-14-35(15-3-1)54-46-21-4-8-24-48(46)57-56(58-54)60-51-31-29-39(59-49-25-9-5-18-41(49)42-19-6-10-26-50(42)59)34-47(51)45-23-13-22-40(55(45)60)38-17-12-16-36(32-38)37-28-30-44-43-20-7-11-27-52(43)61-53(44)33-37;1-2/h1-34H;1-2H3. The minimum Gasteiger partial charge on any atom is -0.456 e. The summed E-state index contributed by atoms with van der Waals surface area (Å²) in [5.41, 5.74) is 14.6. The summed E-state index contributed by atoms with van der Waals surface area (Å²) in [5.74, 6) is 0.626. The van der Waals surface area contributed by atoms with Gasteiger partial charge in [-0.05, 0) is 77.4 Å². The summed E-state index contributed by atoms with van der Waals surface area (Å²) < 4.78 is 11.0. The van der Waals surface area contributed by atoms with E-state index in [1.807, 2.05) is 32.0 Å². The number of para-hydroxylation sites is 5. The van der Waals surface area contributed by atoms with Crippen molar-refractivity contribution in [2.45, 2.75) is 13.8 Å². The van der Waals surface area contributed by atoms with Crippen molar-refractivity contribution in [3.8, 4) is 45.1 Å². The SMILES string of the molecule is CC.c1ccc(-c2nc(-n3c4ccc(-n5c6ccccc6c6ccccc65)cc4c4cccc(-c5cccc(-c6ccc7c(c6)oc6ccccc67)c5)c43)nc3ccccc23)cc1. The van der Waals surface area contributed by atoms with Crippen molar-refractivity contribution < 1.29 is 4.42 Å². The van der Waals surface area contributed by atoms with Crippen molar-refractivity contribution in [3.05, 3.63) is 206 Å². The maximum absolute atomic E-state index is 6.32. The number of benzene rings is 9. The molecule has 0 unspecified atom stereocenters. The molecule has 0 saturated carbocycles. The van der Waals surface area contributed by atoms with Gasteiger partial charge in [-0.25, -0.2) is 9.97 Å². The van der Waals surface area contributed by atoms with Gasteiger partial charge in [0.2, 0.25) is 5.95 Å². The van der Waals surface area contributed by atoms with Crippen LogP contribution in [0.1, 0.15) is 13.8 Å². The topological polar surface area (TPSA) is 48.8 Å². The molecule has 0 N–H and O–H groups in total. The second kappa shape index (κ2) is 14.7. The largest absolute Gasteiger partial charge is 0.456 e. The molecule has 4 heterocycles. The predicted molar refractivity (Wildman–Crippen MR) is 263 cm³/mol. The number of hydrogen-bond donors (Lipinski definition) is 0. The van der Waals surface area contributed by atoms with E-state index in [4.69, 9.17) is 14.4 Å². The minimum atomic E-state index is 0.626. The third-order valence-corrected chi connectivity index (χ3v) is 12.3. The fourth-order valence-electron chi connectivity index (χ4n) is 9.59. The molecule has 0 aliphatic rings. The van der Waals surface area contributed by atoms with E-state index in [9.17, 15) is 0 Å². The van der Waals surface area contributed by atoms with Crippen LogP contribution >= 0.6 is 0 Å². The molecule has 13 rings (SSSR count). The highest BCUT2D eigenvalue weighted by Gasteiger charge is 2.22. The summed E-state index contributed by atoms with van der Waals surface area (Å²) in [4.78, 5) is 10.8. The molecule has 5 heteroatoms. The average molecular weight is 809 g/mol. The monoisotopic (exact) mass is 808 g/mol.